The van der Waals surface area contributed by atoms with Gasteiger partial charge in [0.15, 0.2) is 0 Å². The number of benzene rings is 2. The molecule has 3 heterocycles. The first-order chi connectivity index (χ1) is 21.9. The van der Waals surface area contributed by atoms with E-state index in [-0.39, 0.29) is 25.5 Å². The number of rotatable bonds is 7. The van der Waals surface area contributed by atoms with Gasteiger partial charge in [-0.3, -0.25) is 14.3 Å². The maximum absolute atomic E-state index is 13.9. The summed E-state index contributed by atoms with van der Waals surface area (Å²) in [7, 11) is 1.76. The van der Waals surface area contributed by atoms with Crippen LogP contribution in [0.5, 0.6) is 5.75 Å². The Morgan fingerprint density at radius 2 is 1.91 bits per heavy atom. The summed E-state index contributed by atoms with van der Waals surface area (Å²) in [5, 5.41) is 33.5. The summed E-state index contributed by atoms with van der Waals surface area (Å²) in [6, 6.07) is 13.5. The lowest BCUT2D eigenvalue weighted by molar-refractivity contribution is -0.148. The molecule has 0 unspecified atom stereocenters. The van der Waals surface area contributed by atoms with Crippen LogP contribution in [-0.4, -0.2) is 69.1 Å². The topological polar surface area (TPSA) is 159 Å². The van der Waals surface area contributed by atoms with E-state index in [1.165, 1.54) is 28.4 Å². The fourth-order valence-electron chi connectivity index (χ4n) is 5.06. The summed E-state index contributed by atoms with van der Waals surface area (Å²) in [5.74, 6) is -0.891. The van der Waals surface area contributed by atoms with Gasteiger partial charge in [-0.2, -0.15) is 21.7 Å². The minimum absolute atomic E-state index is 0.000771. The molecule has 238 valence electrons. The van der Waals surface area contributed by atoms with Crippen molar-refractivity contribution in [3.05, 3.63) is 76.6 Å². The second-order valence-electron chi connectivity index (χ2n) is 11.7. The molecule has 4 aromatic rings. The molecule has 0 bridgehead atoms. The van der Waals surface area contributed by atoms with E-state index in [1.54, 1.807) is 85.9 Å². The molecule has 2 aromatic heterocycles. The number of nitrogens with one attached hydrogen (secondary N) is 2. The van der Waals surface area contributed by atoms with Gasteiger partial charge in [0.05, 0.1) is 24.8 Å². The standard InChI is InChI=1S/C33H34N6O6S/c1-33(2,3)45-32(43)36-28(22-11-14-46-19-22)31(42)39-12-13-44-18-26(39)30(41)35-23-8-6-21(7-9-23)25-17-38(4)37-29(25)24-15-20(16-34)5-10-27(24)40/h5-11,14-15,17,19,26,28,40H,12-13,18H2,1-4H3,(H,35,41)(H,36,43)/t26-,28+/m0/s1. The quantitative estimate of drug-likeness (QED) is 0.259. The first-order valence-electron chi connectivity index (χ1n) is 14.5. The molecule has 1 aliphatic heterocycles. The number of phenolic OH excluding ortho intramolecular Hbond substituents is 1. The molecule has 0 spiro atoms. The van der Waals surface area contributed by atoms with Crippen molar-refractivity contribution in [2.45, 2.75) is 38.5 Å². The van der Waals surface area contributed by atoms with E-state index in [0.717, 1.165) is 11.1 Å². The highest BCUT2D eigenvalue weighted by atomic mass is 32.1. The van der Waals surface area contributed by atoms with Crippen LogP contribution in [0.25, 0.3) is 22.4 Å². The lowest BCUT2D eigenvalue weighted by atomic mass is 9.99. The van der Waals surface area contributed by atoms with E-state index >= 15 is 0 Å². The van der Waals surface area contributed by atoms with Crippen LogP contribution in [0.4, 0.5) is 10.5 Å². The Kier molecular flexibility index (Phi) is 9.41. The summed E-state index contributed by atoms with van der Waals surface area (Å²) in [6.45, 7) is 5.60. The minimum Gasteiger partial charge on any atom is -0.507 e. The molecule has 12 nitrogen and oxygen atoms in total. The average molecular weight is 643 g/mol. The highest BCUT2D eigenvalue weighted by Crippen LogP contribution is 2.36. The molecular weight excluding hydrogens is 608 g/mol. The van der Waals surface area contributed by atoms with Gasteiger partial charge in [-0.1, -0.05) is 12.1 Å². The molecular formula is C33H34N6O6S. The van der Waals surface area contributed by atoms with Gasteiger partial charge in [0.1, 0.15) is 29.1 Å². The van der Waals surface area contributed by atoms with Crippen molar-refractivity contribution in [3.63, 3.8) is 0 Å². The number of anilines is 1. The van der Waals surface area contributed by atoms with Gasteiger partial charge in [0, 0.05) is 36.6 Å². The molecule has 1 fully saturated rings. The summed E-state index contributed by atoms with van der Waals surface area (Å²) in [4.78, 5) is 41.5. The number of carbonyl (C=O) groups excluding carboxylic acids is 3. The zero-order chi connectivity index (χ0) is 33.0. The predicted molar refractivity (Wildman–Crippen MR) is 172 cm³/mol. The van der Waals surface area contributed by atoms with E-state index in [0.29, 0.717) is 28.1 Å². The number of ether oxygens (including phenoxy) is 2. The van der Waals surface area contributed by atoms with E-state index < -0.39 is 35.6 Å². The molecule has 2 aromatic carbocycles. The van der Waals surface area contributed by atoms with Gasteiger partial charge in [-0.15, -0.1) is 0 Å². The minimum atomic E-state index is -1.05. The van der Waals surface area contributed by atoms with Crippen molar-refractivity contribution < 1.29 is 29.0 Å². The van der Waals surface area contributed by atoms with Crippen molar-refractivity contribution in [2.75, 3.05) is 25.1 Å². The fraction of sp³-hybridized carbons (Fsp3) is 0.303. The number of carbonyl (C=O) groups is 3. The van der Waals surface area contributed by atoms with Crippen LogP contribution < -0.4 is 10.6 Å². The number of alkyl carbamates (subject to hydrolysis) is 1. The Hall–Kier alpha value is -5.19. The Labute approximate surface area is 270 Å². The summed E-state index contributed by atoms with van der Waals surface area (Å²) < 4.78 is 12.6. The molecule has 3 amide bonds. The predicted octanol–water partition coefficient (Wildman–Crippen LogP) is 4.82. The Morgan fingerprint density at radius 1 is 1.15 bits per heavy atom. The number of nitriles is 1. The number of amides is 3. The van der Waals surface area contributed by atoms with Crippen LogP contribution in [0.15, 0.2) is 65.5 Å². The Balaban J connectivity index is 1.34. The van der Waals surface area contributed by atoms with E-state index in [1.807, 2.05) is 0 Å². The highest BCUT2D eigenvalue weighted by Gasteiger charge is 2.38. The largest absolute Gasteiger partial charge is 0.507 e. The van der Waals surface area contributed by atoms with Crippen molar-refractivity contribution in [2.24, 2.45) is 7.05 Å². The van der Waals surface area contributed by atoms with Crippen LogP contribution >= 0.6 is 11.3 Å². The lowest BCUT2D eigenvalue weighted by Gasteiger charge is -2.36. The van der Waals surface area contributed by atoms with Crippen molar-refractivity contribution in [3.8, 4) is 34.2 Å². The number of aromatic nitrogens is 2. The monoisotopic (exact) mass is 642 g/mol. The van der Waals surface area contributed by atoms with E-state index in [9.17, 15) is 24.8 Å². The Morgan fingerprint density at radius 3 is 2.59 bits per heavy atom. The zero-order valence-corrected chi connectivity index (χ0v) is 26.6. The Bertz CT molecular complexity index is 1770. The number of hydrogen-bond acceptors (Lipinski definition) is 9. The van der Waals surface area contributed by atoms with Gasteiger partial charge < -0.3 is 30.1 Å². The SMILES string of the molecule is Cn1cc(-c2ccc(NC(=O)[C@@H]3COCCN3C(=O)[C@H](NC(=O)OC(C)(C)C)c3ccsc3)cc2)c(-c2cc(C#N)ccc2O)n1. The van der Waals surface area contributed by atoms with E-state index in [2.05, 4.69) is 21.8 Å². The number of phenols is 1. The van der Waals surface area contributed by atoms with Crippen LogP contribution in [0, 0.1) is 11.3 Å². The van der Waals surface area contributed by atoms with Gasteiger partial charge in [-0.25, -0.2) is 4.79 Å². The van der Waals surface area contributed by atoms with Gasteiger partial charge in [0.2, 0.25) is 5.91 Å². The summed E-state index contributed by atoms with van der Waals surface area (Å²) in [5.41, 5.74) is 3.14. The zero-order valence-electron chi connectivity index (χ0n) is 25.8. The van der Waals surface area contributed by atoms with Gasteiger partial charge in [0.25, 0.3) is 5.91 Å². The normalized spacial score (nSPS) is 15.5. The second kappa shape index (κ2) is 13.4. The number of aromatic hydroxyl groups is 1. The van der Waals surface area contributed by atoms with Gasteiger partial charge >= 0.3 is 6.09 Å². The van der Waals surface area contributed by atoms with Crippen molar-refractivity contribution in [1.29, 1.82) is 5.26 Å². The molecule has 1 saturated heterocycles. The van der Waals surface area contributed by atoms with Crippen LogP contribution in [-0.2, 0) is 26.1 Å². The third kappa shape index (κ3) is 7.36. The van der Waals surface area contributed by atoms with Crippen molar-refractivity contribution >= 4 is 34.9 Å². The maximum atomic E-state index is 13.9. The third-order valence-electron chi connectivity index (χ3n) is 7.17. The first kappa shape index (κ1) is 32.2. The molecule has 2 atom stereocenters. The molecule has 13 heteroatoms. The van der Waals surface area contributed by atoms with Gasteiger partial charge in [-0.05, 0) is 79.1 Å². The molecule has 0 radical (unpaired) electrons. The lowest BCUT2D eigenvalue weighted by Crippen LogP contribution is -2.57. The van der Waals surface area contributed by atoms with E-state index in [4.69, 9.17) is 9.47 Å². The molecule has 0 saturated carbocycles. The number of thiophene rings is 1. The highest BCUT2D eigenvalue weighted by molar-refractivity contribution is 7.08. The molecule has 3 N–H and O–H groups in total. The number of aryl methyl sites for hydroxylation is 1. The third-order valence-corrected chi connectivity index (χ3v) is 7.87. The average Bonchev–Trinajstić information content (AvgIpc) is 3.69. The number of nitrogens with zero attached hydrogens (tertiary/aromatic N) is 4. The maximum Gasteiger partial charge on any atom is 0.408 e. The van der Waals surface area contributed by atoms with Crippen LogP contribution in [0.1, 0.15) is 37.9 Å². The fourth-order valence-corrected chi connectivity index (χ4v) is 5.74. The first-order valence-corrected chi connectivity index (χ1v) is 15.5. The van der Waals surface area contributed by atoms with Crippen LogP contribution in [0.2, 0.25) is 0 Å². The summed E-state index contributed by atoms with van der Waals surface area (Å²) >= 11 is 1.39. The molecule has 46 heavy (non-hydrogen) atoms. The molecule has 0 aliphatic carbocycles. The van der Waals surface area contributed by atoms with Crippen molar-refractivity contribution in [1.82, 2.24) is 20.0 Å². The molecule has 1 aliphatic rings. The summed E-state index contributed by atoms with van der Waals surface area (Å²) in [6.07, 6.45) is 1.07. The number of hydrogen-bond donors (Lipinski definition) is 3. The smallest absolute Gasteiger partial charge is 0.408 e. The van der Waals surface area contributed by atoms with Crippen LogP contribution in [0.3, 0.4) is 0 Å². The molecule has 5 rings (SSSR count). The number of morpholine rings is 1. The second-order valence-corrected chi connectivity index (χ2v) is 12.5.